The quantitative estimate of drug-likeness (QED) is 0.677. The van der Waals surface area contributed by atoms with Crippen molar-refractivity contribution >= 4 is 32.6 Å². The average molecular weight is 417 g/mol. The molecule has 0 saturated carbocycles. The number of nitriles is 1. The molecule has 1 N–H and O–H groups in total. The van der Waals surface area contributed by atoms with Crippen molar-refractivity contribution in [2.45, 2.75) is 24.7 Å². The highest BCUT2D eigenvalue weighted by Gasteiger charge is 2.21. The molecule has 1 aliphatic rings. The first-order valence-electron chi connectivity index (χ1n) is 9.32. The fourth-order valence-electron chi connectivity index (χ4n) is 3.42. The van der Waals surface area contributed by atoms with Gasteiger partial charge >= 0.3 is 0 Å². The molecular weight excluding hydrogens is 398 g/mol. The lowest BCUT2D eigenvalue weighted by molar-refractivity contribution is 0.602. The van der Waals surface area contributed by atoms with Gasteiger partial charge in [-0.1, -0.05) is 18.2 Å². The number of fused-ring (bicyclic) bond motifs is 1. The van der Waals surface area contributed by atoms with Crippen LogP contribution in [0.4, 0.5) is 17.1 Å². The molecule has 3 heterocycles. The zero-order valence-electron chi connectivity index (χ0n) is 16.5. The highest BCUT2D eigenvalue weighted by molar-refractivity contribution is 7.90. The average Bonchev–Trinajstić information content (AvgIpc) is 3.08. The molecule has 150 valence electrons. The molecule has 0 amide bonds. The Bertz CT molecular complexity index is 1320. The van der Waals surface area contributed by atoms with E-state index >= 15 is 0 Å². The minimum atomic E-state index is -3.40. The Morgan fingerprint density at radius 2 is 1.87 bits per heavy atom. The van der Waals surface area contributed by atoms with E-state index in [0.29, 0.717) is 29.9 Å². The molecule has 0 radical (unpaired) electrons. The van der Waals surface area contributed by atoms with E-state index in [2.05, 4.69) is 15.3 Å². The highest BCUT2D eigenvalue weighted by Crippen LogP contribution is 2.37. The monoisotopic (exact) mass is 417 g/mol. The molecule has 7 nitrogen and oxygen atoms in total. The summed E-state index contributed by atoms with van der Waals surface area (Å²) in [6.45, 7) is 1.94. The summed E-state index contributed by atoms with van der Waals surface area (Å²) >= 11 is 0. The Morgan fingerprint density at radius 3 is 2.63 bits per heavy atom. The molecule has 3 aromatic rings. The van der Waals surface area contributed by atoms with Gasteiger partial charge in [-0.3, -0.25) is 9.98 Å². The maximum atomic E-state index is 12.2. The van der Waals surface area contributed by atoms with E-state index in [1.165, 1.54) is 6.26 Å². The Morgan fingerprint density at radius 1 is 1.07 bits per heavy atom. The molecular formula is C22H19N5O2S. The van der Waals surface area contributed by atoms with Crippen LogP contribution in [0.1, 0.15) is 29.7 Å². The van der Waals surface area contributed by atoms with Gasteiger partial charge in [-0.05, 0) is 37.3 Å². The zero-order valence-corrected chi connectivity index (χ0v) is 17.4. The minimum absolute atomic E-state index is 0.221. The first-order valence-corrected chi connectivity index (χ1v) is 11.2. The van der Waals surface area contributed by atoms with Crippen molar-refractivity contribution in [3.05, 3.63) is 71.3 Å². The highest BCUT2D eigenvalue weighted by atomic mass is 32.2. The van der Waals surface area contributed by atoms with Gasteiger partial charge in [0.25, 0.3) is 0 Å². The van der Waals surface area contributed by atoms with Crippen molar-refractivity contribution in [3.63, 3.8) is 0 Å². The number of hydrogen-bond acceptors (Lipinski definition) is 7. The van der Waals surface area contributed by atoms with E-state index in [1.807, 2.05) is 25.1 Å². The number of sulfone groups is 1. The first-order chi connectivity index (χ1) is 14.3. The standard InChI is InChI=1S/C22H19N5O2S/c1-14-10-19-22(24-14)20(27-18-8-3-4-9-21(18)30(2,28)29)12-17(26-19)11-15-6-5-7-16(13-23)25-15/h3-9,12H,10-11H2,1-2H3,(H,26,27). The number of para-hydroxylation sites is 1. The van der Waals surface area contributed by atoms with Gasteiger partial charge in [-0.25, -0.2) is 13.4 Å². The van der Waals surface area contributed by atoms with Crippen LogP contribution in [0.5, 0.6) is 0 Å². The third-order valence-corrected chi connectivity index (χ3v) is 5.84. The fraction of sp³-hybridized carbons (Fsp3) is 0.182. The van der Waals surface area contributed by atoms with Gasteiger partial charge in [-0.2, -0.15) is 5.26 Å². The minimum Gasteiger partial charge on any atom is -0.353 e. The summed E-state index contributed by atoms with van der Waals surface area (Å²) in [5.41, 5.74) is 5.54. The SMILES string of the molecule is CC1=Nc2c(Nc3ccccc3S(C)(=O)=O)cc(Cc3cccc(C#N)n3)nc2C1. The summed E-state index contributed by atoms with van der Waals surface area (Å²) in [6.07, 6.45) is 2.27. The van der Waals surface area contributed by atoms with Crippen LogP contribution in [0.15, 0.2) is 58.4 Å². The third-order valence-electron chi connectivity index (χ3n) is 4.68. The van der Waals surface area contributed by atoms with Gasteiger partial charge in [0.2, 0.25) is 0 Å². The van der Waals surface area contributed by atoms with Crippen LogP contribution in [-0.2, 0) is 22.7 Å². The molecule has 0 bridgehead atoms. The van der Waals surface area contributed by atoms with E-state index in [9.17, 15) is 8.42 Å². The smallest absolute Gasteiger partial charge is 0.177 e. The van der Waals surface area contributed by atoms with Crippen LogP contribution in [-0.4, -0.2) is 30.4 Å². The van der Waals surface area contributed by atoms with Crippen LogP contribution in [0.2, 0.25) is 0 Å². The second kappa shape index (κ2) is 7.69. The Kier molecular flexibility index (Phi) is 5.06. The molecule has 1 aliphatic heterocycles. The second-order valence-corrected chi connectivity index (χ2v) is 9.16. The summed E-state index contributed by atoms with van der Waals surface area (Å²) in [5, 5.41) is 12.3. The number of nitrogens with zero attached hydrogens (tertiary/aromatic N) is 4. The van der Waals surface area contributed by atoms with E-state index in [0.717, 1.165) is 28.5 Å². The van der Waals surface area contributed by atoms with Crippen molar-refractivity contribution in [3.8, 4) is 6.07 Å². The van der Waals surface area contributed by atoms with E-state index in [1.54, 1.807) is 36.4 Å². The van der Waals surface area contributed by atoms with Crippen LogP contribution in [0.25, 0.3) is 0 Å². The Labute approximate surface area is 175 Å². The molecule has 0 saturated heterocycles. The maximum Gasteiger partial charge on any atom is 0.177 e. The topological polar surface area (TPSA) is 108 Å². The number of hydrogen-bond donors (Lipinski definition) is 1. The molecule has 0 unspecified atom stereocenters. The maximum absolute atomic E-state index is 12.2. The molecule has 1 aromatic carbocycles. The van der Waals surface area contributed by atoms with E-state index < -0.39 is 9.84 Å². The summed E-state index contributed by atoms with van der Waals surface area (Å²) in [5.74, 6) is 0. The predicted molar refractivity (Wildman–Crippen MR) is 115 cm³/mol. The summed E-state index contributed by atoms with van der Waals surface area (Å²) in [6, 6.07) is 16.0. The van der Waals surface area contributed by atoms with Gasteiger partial charge in [-0.15, -0.1) is 0 Å². The lowest BCUT2D eigenvalue weighted by atomic mass is 10.1. The zero-order chi connectivity index (χ0) is 21.3. The van der Waals surface area contributed by atoms with Gasteiger partial charge in [0.05, 0.1) is 22.0 Å². The molecule has 0 spiro atoms. The van der Waals surface area contributed by atoms with Crippen molar-refractivity contribution in [1.29, 1.82) is 5.26 Å². The Hall–Kier alpha value is -3.57. The second-order valence-electron chi connectivity index (χ2n) is 7.18. The van der Waals surface area contributed by atoms with Crippen molar-refractivity contribution in [2.24, 2.45) is 4.99 Å². The molecule has 4 rings (SSSR count). The third kappa shape index (κ3) is 4.07. The Balaban J connectivity index is 1.76. The number of benzene rings is 1. The normalized spacial score (nSPS) is 12.8. The molecule has 0 aliphatic carbocycles. The van der Waals surface area contributed by atoms with E-state index in [-0.39, 0.29) is 4.90 Å². The van der Waals surface area contributed by atoms with E-state index in [4.69, 9.17) is 10.2 Å². The molecule has 8 heteroatoms. The van der Waals surface area contributed by atoms with Crippen LogP contribution >= 0.6 is 0 Å². The number of nitrogens with one attached hydrogen (secondary N) is 1. The summed E-state index contributed by atoms with van der Waals surface area (Å²) in [7, 11) is -3.40. The van der Waals surface area contributed by atoms with Gasteiger partial charge in [0.15, 0.2) is 9.84 Å². The number of aliphatic imine (C=N–C) groups is 1. The van der Waals surface area contributed by atoms with Crippen molar-refractivity contribution in [2.75, 3.05) is 11.6 Å². The van der Waals surface area contributed by atoms with Crippen molar-refractivity contribution in [1.82, 2.24) is 9.97 Å². The lowest BCUT2D eigenvalue weighted by Gasteiger charge is -2.14. The molecule has 30 heavy (non-hydrogen) atoms. The number of pyridine rings is 2. The van der Waals surface area contributed by atoms with Crippen LogP contribution < -0.4 is 5.32 Å². The van der Waals surface area contributed by atoms with Crippen LogP contribution in [0, 0.1) is 11.3 Å². The van der Waals surface area contributed by atoms with Gasteiger partial charge in [0.1, 0.15) is 17.5 Å². The fourth-order valence-corrected chi connectivity index (χ4v) is 4.26. The predicted octanol–water partition coefficient (Wildman–Crippen LogP) is 3.73. The molecule has 0 atom stereocenters. The number of anilines is 2. The number of rotatable bonds is 5. The van der Waals surface area contributed by atoms with Crippen molar-refractivity contribution < 1.29 is 8.42 Å². The lowest BCUT2D eigenvalue weighted by Crippen LogP contribution is -2.05. The number of aromatic nitrogens is 2. The van der Waals surface area contributed by atoms with Crippen LogP contribution in [0.3, 0.4) is 0 Å². The van der Waals surface area contributed by atoms with Gasteiger partial charge in [0, 0.05) is 36.2 Å². The largest absolute Gasteiger partial charge is 0.353 e. The summed E-state index contributed by atoms with van der Waals surface area (Å²) < 4.78 is 24.4. The first kappa shape index (κ1) is 19.7. The van der Waals surface area contributed by atoms with Gasteiger partial charge < -0.3 is 5.32 Å². The molecule has 0 fully saturated rings. The molecule has 2 aromatic heterocycles. The summed E-state index contributed by atoms with van der Waals surface area (Å²) in [4.78, 5) is 13.9.